The highest BCUT2D eigenvalue weighted by atomic mass is 35.5. The highest BCUT2D eigenvalue weighted by Gasteiger charge is 2.17. The molecule has 1 heterocycles. The molecule has 0 radical (unpaired) electrons. The second kappa shape index (κ2) is 7.27. The molecular formula is C16H19ClN4OS. The van der Waals surface area contributed by atoms with Gasteiger partial charge in [-0.05, 0) is 49.3 Å². The Bertz CT molecular complexity index is 731. The third kappa shape index (κ3) is 4.00. The average molecular weight is 351 g/mol. The number of hydrogen-bond donors (Lipinski definition) is 2. The van der Waals surface area contributed by atoms with Gasteiger partial charge in [-0.3, -0.25) is 14.5 Å². The lowest BCUT2D eigenvalue weighted by Gasteiger charge is -2.22. The molecule has 1 fully saturated rings. The maximum atomic E-state index is 12.3. The minimum absolute atomic E-state index is 0.0235. The number of rotatable bonds is 4. The monoisotopic (exact) mass is 350 g/mol. The van der Waals surface area contributed by atoms with E-state index in [4.69, 9.17) is 23.8 Å². The molecule has 0 bridgehead atoms. The summed E-state index contributed by atoms with van der Waals surface area (Å²) in [5.74, 6) is 0.620. The molecule has 2 aromatic rings. The lowest BCUT2D eigenvalue weighted by atomic mass is 9.95. The molecule has 1 aliphatic rings. The van der Waals surface area contributed by atoms with Crippen LogP contribution in [0.1, 0.15) is 32.1 Å². The molecule has 122 valence electrons. The molecule has 0 aliphatic heterocycles. The van der Waals surface area contributed by atoms with E-state index in [-0.39, 0.29) is 18.5 Å². The van der Waals surface area contributed by atoms with Crippen molar-refractivity contribution in [1.29, 1.82) is 0 Å². The number of halogens is 1. The van der Waals surface area contributed by atoms with E-state index in [2.05, 4.69) is 15.5 Å². The van der Waals surface area contributed by atoms with Crippen LogP contribution in [0.25, 0.3) is 11.4 Å². The van der Waals surface area contributed by atoms with Crippen molar-refractivity contribution in [2.45, 2.75) is 44.7 Å². The van der Waals surface area contributed by atoms with Crippen LogP contribution >= 0.6 is 23.8 Å². The zero-order chi connectivity index (χ0) is 16.2. The number of hydrogen-bond acceptors (Lipinski definition) is 3. The van der Waals surface area contributed by atoms with Gasteiger partial charge in [0.1, 0.15) is 6.54 Å². The van der Waals surface area contributed by atoms with Gasteiger partial charge in [-0.25, -0.2) is 0 Å². The van der Waals surface area contributed by atoms with Crippen LogP contribution in [0.2, 0.25) is 5.02 Å². The number of nitrogens with zero attached hydrogens (tertiary/aromatic N) is 2. The molecule has 23 heavy (non-hydrogen) atoms. The van der Waals surface area contributed by atoms with Gasteiger partial charge in [0.25, 0.3) is 0 Å². The van der Waals surface area contributed by atoms with Crippen LogP contribution in [0.5, 0.6) is 0 Å². The summed E-state index contributed by atoms with van der Waals surface area (Å²) in [6.45, 7) is 0.170. The lowest BCUT2D eigenvalue weighted by Crippen LogP contribution is -2.38. The number of aromatic amines is 1. The molecule has 2 N–H and O–H groups in total. The Balaban J connectivity index is 1.74. The summed E-state index contributed by atoms with van der Waals surface area (Å²) in [4.78, 5) is 12.3. The number of benzene rings is 1. The lowest BCUT2D eigenvalue weighted by molar-refractivity contribution is -0.122. The standard InChI is InChI=1S/C16H19ClN4OS/c17-12-8-6-11(7-9-12)15-19-20-16(23)21(15)10-14(22)18-13-4-2-1-3-5-13/h6-9,13H,1-5,10H2,(H,18,22)(H,20,23). The Labute approximate surface area is 145 Å². The Morgan fingerprint density at radius 3 is 2.70 bits per heavy atom. The normalized spacial score (nSPS) is 15.5. The number of carbonyl (C=O) groups excluding carboxylic acids is 1. The first kappa shape index (κ1) is 16.2. The number of nitrogens with one attached hydrogen (secondary N) is 2. The van der Waals surface area contributed by atoms with Crippen molar-refractivity contribution in [1.82, 2.24) is 20.1 Å². The second-order valence-electron chi connectivity index (χ2n) is 5.85. The summed E-state index contributed by atoms with van der Waals surface area (Å²) < 4.78 is 2.16. The first-order chi connectivity index (χ1) is 11.1. The molecule has 7 heteroatoms. The molecule has 0 saturated heterocycles. The summed E-state index contributed by atoms with van der Waals surface area (Å²) in [5.41, 5.74) is 0.868. The molecule has 1 aliphatic carbocycles. The van der Waals surface area contributed by atoms with Crippen LogP contribution in [0.3, 0.4) is 0 Å². The van der Waals surface area contributed by atoms with Crippen molar-refractivity contribution in [3.8, 4) is 11.4 Å². The predicted octanol–water partition coefficient (Wildman–Crippen LogP) is 3.71. The van der Waals surface area contributed by atoms with E-state index >= 15 is 0 Å². The van der Waals surface area contributed by atoms with Crippen LogP contribution in [-0.4, -0.2) is 26.7 Å². The van der Waals surface area contributed by atoms with Crippen LogP contribution < -0.4 is 5.32 Å². The van der Waals surface area contributed by atoms with Crippen molar-refractivity contribution >= 4 is 29.7 Å². The summed E-state index contributed by atoms with van der Waals surface area (Å²) in [7, 11) is 0. The summed E-state index contributed by atoms with van der Waals surface area (Å²) in [5, 5.41) is 10.8. The second-order valence-corrected chi connectivity index (χ2v) is 6.67. The SMILES string of the molecule is O=C(Cn1c(-c2ccc(Cl)cc2)n[nH]c1=S)NC1CCCCC1. The average Bonchev–Trinajstić information content (AvgIpc) is 2.90. The van der Waals surface area contributed by atoms with Gasteiger partial charge in [0.15, 0.2) is 10.6 Å². The van der Waals surface area contributed by atoms with E-state index in [1.165, 1.54) is 19.3 Å². The van der Waals surface area contributed by atoms with Gasteiger partial charge in [0.2, 0.25) is 5.91 Å². The topological polar surface area (TPSA) is 62.7 Å². The number of amides is 1. The summed E-state index contributed by atoms with van der Waals surface area (Å²) in [6.07, 6.45) is 5.76. The fourth-order valence-electron chi connectivity index (χ4n) is 2.95. The van der Waals surface area contributed by atoms with Crippen molar-refractivity contribution < 1.29 is 4.79 Å². The molecule has 1 aromatic heterocycles. The molecule has 5 nitrogen and oxygen atoms in total. The van der Waals surface area contributed by atoms with Gasteiger partial charge in [-0.15, -0.1) is 0 Å². The third-order valence-corrected chi connectivity index (χ3v) is 4.70. The fraction of sp³-hybridized carbons (Fsp3) is 0.438. The molecule has 3 rings (SSSR count). The number of carbonyl (C=O) groups is 1. The van der Waals surface area contributed by atoms with E-state index < -0.39 is 0 Å². The highest BCUT2D eigenvalue weighted by molar-refractivity contribution is 7.71. The van der Waals surface area contributed by atoms with Gasteiger partial charge < -0.3 is 5.32 Å². The van der Waals surface area contributed by atoms with Crippen molar-refractivity contribution in [3.05, 3.63) is 34.1 Å². The zero-order valence-electron chi connectivity index (χ0n) is 12.7. The summed E-state index contributed by atoms with van der Waals surface area (Å²) >= 11 is 11.2. The minimum atomic E-state index is -0.0235. The molecule has 1 aromatic carbocycles. The largest absolute Gasteiger partial charge is 0.352 e. The molecule has 1 amide bonds. The van der Waals surface area contributed by atoms with Crippen LogP contribution in [0.15, 0.2) is 24.3 Å². The van der Waals surface area contributed by atoms with Gasteiger partial charge in [-0.2, -0.15) is 5.10 Å². The Morgan fingerprint density at radius 1 is 1.30 bits per heavy atom. The molecule has 0 spiro atoms. The number of aromatic nitrogens is 3. The highest BCUT2D eigenvalue weighted by Crippen LogP contribution is 2.20. The Kier molecular flexibility index (Phi) is 5.13. The van der Waals surface area contributed by atoms with Crippen LogP contribution in [0, 0.1) is 4.77 Å². The van der Waals surface area contributed by atoms with Gasteiger partial charge in [0, 0.05) is 16.6 Å². The van der Waals surface area contributed by atoms with Crippen molar-refractivity contribution in [2.75, 3.05) is 0 Å². The molecule has 0 unspecified atom stereocenters. The van der Waals surface area contributed by atoms with Gasteiger partial charge in [-0.1, -0.05) is 30.9 Å². The summed E-state index contributed by atoms with van der Waals surface area (Å²) in [6, 6.07) is 7.60. The van der Waals surface area contributed by atoms with Gasteiger partial charge >= 0.3 is 0 Å². The Hall–Kier alpha value is -1.66. The van der Waals surface area contributed by atoms with Crippen LogP contribution in [0.4, 0.5) is 0 Å². The van der Waals surface area contributed by atoms with E-state index in [0.717, 1.165) is 18.4 Å². The smallest absolute Gasteiger partial charge is 0.240 e. The molecule has 1 saturated carbocycles. The van der Waals surface area contributed by atoms with Gasteiger partial charge in [0.05, 0.1) is 0 Å². The molecular weight excluding hydrogens is 332 g/mol. The predicted molar refractivity (Wildman–Crippen MR) is 92.9 cm³/mol. The quantitative estimate of drug-likeness (QED) is 0.826. The zero-order valence-corrected chi connectivity index (χ0v) is 14.3. The third-order valence-electron chi connectivity index (χ3n) is 4.13. The maximum Gasteiger partial charge on any atom is 0.240 e. The van der Waals surface area contributed by atoms with E-state index in [1.807, 2.05) is 12.1 Å². The van der Waals surface area contributed by atoms with E-state index in [0.29, 0.717) is 15.6 Å². The maximum absolute atomic E-state index is 12.3. The minimum Gasteiger partial charge on any atom is -0.352 e. The van der Waals surface area contributed by atoms with E-state index in [1.54, 1.807) is 16.7 Å². The Morgan fingerprint density at radius 2 is 2.00 bits per heavy atom. The van der Waals surface area contributed by atoms with Crippen molar-refractivity contribution in [3.63, 3.8) is 0 Å². The first-order valence-corrected chi connectivity index (χ1v) is 8.62. The van der Waals surface area contributed by atoms with Crippen molar-refractivity contribution in [2.24, 2.45) is 0 Å². The number of H-pyrrole nitrogens is 1. The molecule has 0 atom stereocenters. The van der Waals surface area contributed by atoms with E-state index in [9.17, 15) is 4.79 Å². The first-order valence-electron chi connectivity index (χ1n) is 7.84. The van der Waals surface area contributed by atoms with Crippen LogP contribution in [-0.2, 0) is 11.3 Å². The fourth-order valence-corrected chi connectivity index (χ4v) is 3.27.